The molecule has 1 amide bonds. The zero-order valence-corrected chi connectivity index (χ0v) is 12.7. The Labute approximate surface area is 140 Å². The largest absolute Gasteiger partial charge is 0.321 e. The van der Waals surface area contributed by atoms with Crippen LogP contribution in [-0.4, -0.2) is 10.8 Å². The molecule has 0 aliphatic carbocycles. The van der Waals surface area contributed by atoms with E-state index in [0.717, 1.165) is 6.07 Å². The third-order valence-corrected chi connectivity index (χ3v) is 3.27. The maximum atomic E-state index is 12.9. The van der Waals surface area contributed by atoms with Gasteiger partial charge in [-0.2, -0.15) is 5.26 Å². The first kappa shape index (κ1) is 17.1. The van der Waals surface area contributed by atoms with Crippen LogP contribution >= 0.6 is 11.6 Å². The minimum absolute atomic E-state index is 0.0691. The van der Waals surface area contributed by atoms with E-state index in [1.807, 2.05) is 0 Å². The van der Waals surface area contributed by atoms with Crippen molar-refractivity contribution in [3.63, 3.8) is 0 Å². The van der Waals surface area contributed by atoms with Gasteiger partial charge in [0.05, 0.1) is 4.92 Å². The normalized spacial score (nSPS) is 10.8. The molecule has 0 aliphatic heterocycles. The third kappa shape index (κ3) is 4.15. The number of nitrogens with one attached hydrogen (secondary N) is 1. The zero-order valence-electron chi connectivity index (χ0n) is 12.0. The van der Waals surface area contributed by atoms with Crippen molar-refractivity contribution in [2.75, 3.05) is 5.32 Å². The van der Waals surface area contributed by atoms with Crippen molar-refractivity contribution in [1.29, 1.82) is 5.26 Å². The topological polar surface area (TPSA) is 96.0 Å². The lowest BCUT2D eigenvalue weighted by Crippen LogP contribution is -2.13. The number of nitrogens with zero attached hydrogens (tertiary/aromatic N) is 2. The van der Waals surface area contributed by atoms with Crippen molar-refractivity contribution in [2.24, 2.45) is 0 Å². The molecule has 0 aromatic heterocycles. The van der Waals surface area contributed by atoms with Crippen LogP contribution in [0.2, 0.25) is 5.02 Å². The summed E-state index contributed by atoms with van der Waals surface area (Å²) in [4.78, 5) is 22.3. The second-order valence-electron chi connectivity index (χ2n) is 4.60. The van der Waals surface area contributed by atoms with Crippen LogP contribution in [0, 0.1) is 27.3 Å². The number of halogens is 2. The summed E-state index contributed by atoms with van der Waals surface area (Å²) in [5.74, 6) is -1.19. The number of carbonyl (C=O) groups is 1. The number of nitro groups is 1. The van der Waals surface area contributed by atoms with Crippen LogP contribution in [0.5, 0.6) is 0 Å². The van der Waals surface area contributed by atoms with Crippen molar-refractivity contribution >= 4 is 35.0 Å². The van der Waals surface area contributed by atoms with Gasteiger partial charge in [0, 0.05) is 11.8 Å². The fraction of sp³-hybridized carbons (Fsp3) is 0. The van der Waals surface area contributed by atoms with Gasteiger partial charge in [-0.1, -0.05) is 23.7 Å². The molecule has 0 heterocycles. The number of amides is 1. The van der Waals surface area contributed by atoms with E-state index in [0.29, 0.717) is 5.56 Å². The lowest BCUT2D eigenvalue weighted by Gasteiger charge is -2.05. The fourth-order valence-electron chi connectivity index (χ4n) is 1.80. The van der Waals surface area contributed by atoms with Crippen LogP contribution in [0.3, 0.4) is 0 Å². The quantitative estimate of drug-likeness (QED) is 0.393. The number of rotatable bonds is 4. The SMILES string of the molecule is N#C/C(=C\c1ccc(F)cc1)C(=O)Nc1ccc(Cl)c([N+](=O)[O-])c1. The molecule has 0 saturated carbocycles. The van der Waals surface area contributed by atoms with Crippen molar-refractivity contribution in [3.05, 3.63) is 74.6 Å². The van der Waals surface area contributed by atoms with Gasteiger partial charge < -0.3 is 5.32 Å². The van der Waals surface area contributed by atoms with Crippen molar-refractivity contribution < 1.29 is 14.1 Å². The number of nitro benzene ring substituents is 1. The van der Waals surface area contributed by atoms with Gasteiger partial charge in [-0.05, 0) is 35.9 Å². The highest BCUT2D eigenvalue weighted by molar-refractivity contribution is 6.32. The smallest absolute Gasteiger partial charge is 0.289 e. The van der Waals surface area contributed by atoms with E-state index >= 15 is 0 Å². The molecule has 24 heavy (non-hydrogen) atoms. The van der Waals surface area contributed by atoms with Gasteiger partial charge in [0.25, 0.3) is 11.6 Å². The Morgan fingerprint density at radius 1 is 1.29 bits per heavy atom. The average molecular weight is 346 g/mol. The van der Waals surface area contributed by atoms with Crippen molar-refractivity contribution in [2.45, 2.75) is 0 Å². The maximum absolute atomic E-state index is 12.9. The monoisotopic (exact) mass is 345 g/mol. The Hall–Kier alpha value is -3.24. The zero-order chi connectivity index (χ0) is 17.7. The number of anilines is 1. The second-order valence-corrected chi connectivity index (χ2v) is 5.01. The second kappa shape index (κ2) is 7.35. The minimum atomic E-state index is -0.751. The van der Waals surface area contributed by atoms with Gasteiger partial charge in [-0.25, -0.2) is 4.39 Å². The Morgan fingerprint density at radius 2 is 1.96 bits per heavy atom. The molecule has 0 aliphatic rings. The summed E-state index contributed by atoms with van der Waals surface area (Å²) in [7, 11) is 0. The number of hydrogen-bond donors (Lipinski definition) is 1. The number of benzene rings is 2. The first-order valence-electron chi connectivity index (χ1n) is 6.53. The van der Waals surface area contributed by atoms with Crippen molar-refractivity contribution in [1.82, 2.24) is 0 Å². The minimum Gasteiger partial charge on any atom is -0.321 e. The molecule has 2 rings (SSSR count). The van der Waals surface area contributed by atoms with E-state index in [-0.39, 0.29) is 22.0 Å². The summed E-state index contributed by atoms with van der Waals surface area (Å²) in [5, 5.41) is 22.2. The van der Waals surface area contributed by atoms with Gasteiger partial charge in [-0.15, -0.1) is 0 Å². The highest BCUT2D eigenvalue weighted by Gasteiger charge is 2.15. The van der Waals surface area contributed by atoms with Crippen LogP contribution in [0.25, 0.3) is 6.08 Å². The summed E-state index contributed by atoms with van der Waals surface area (Å²) in [6.07, 6.45) is 1.28. The van der Waals surface area contributed by atoms with Gasteiger partial charge in [0.2, 0.25) is 0 Å². The average Bonchev–Trinajstić information content (AvgIpc) is 2.55. The highest BCUT2D eigenvalue weighted by Crippen LogP contribution is 2.27. The number of carbonyl (C=O) groups excluding carboxylic acids is 1. The molecule has 8 heteroatoms. The molecule has 0 atom stereocenters. The molecule has 0 unspecified atom stereocenters. The van der Waals surface area contributed by atoms with Crippen LogP contribution in [0.15, 0.2) is 48.0 Å². The van der Waals surface area contributed by atoms with E-state index < -0.39 is 16.6 Å². The lowest BCUT2D eigenvalue weighted by molar-refractivity contribution is -0.384. The first-order chi connectivity index (χ1) is 11.4. The third-order valence-electron chi connectivity index (χ3n) is 2.95. The van der Waals surface area contributed by atoms with E-state index in [1.165, 1.54) is 42.5 Å². The Kier molecular flexibility index (Phi) is 5.24. The fourth-order valence-corrected chi connectivity index (χ4v) is 1.99. The van der Waals surface area contributed by atoms with E-state index in [9.17, 15) is 19.3 Å². The van der Waals surface area contributed by atoms with Crippen LogP contribution in [-0.2, 0) is 4.79 Å². The summed E-state index contributed by atoms with van der Waals surface area (Å²) in [6.45, 7) is 0. The molecule has 120 valence electrons. The number of nitriles is 1. The van der Waals surface area contributed by atoms with Gasteiger partial charge >= 0.3 is 0 Å². The molecule has 2 aromatic carbocycles. The van der Waals surface area contributed by atoms with E-state index in [4.69, 9.17) is 16.9 Å². The van der Waals surface area contributed by atoms with E-state index in [2.05, 4.69) is 5.32 Å². The molecule has 0 bridgehead atoms. The van der Waals surface area contributed by atoms with Gasteiger partial charge in [-0.3, -0.25) is 14.9 Å². The predicted molar refractivity (Wildman–Crippen MR) is 86.7 cm³/mol. The highest BCUT2D eigenvalue weighted by atomic mass is 35.5. The summed E-state index contributed by atoms with van der Waals surface area (Å²) in [6, 6.07) is 10.7. The Morgan fingerprint density at radius 3 is 2.54 bits per heavy atom. The standard InChI is InChI=1S/C16H9ClFN3O3/c17-14-6-5-13(8-15(14)21(23)24)20-16(22)11(9-19)7-10-1-3-12(18)4-2-10/h1-8H,(H,20,22)/b11-7+. The Balaban J connectivity index is 2.24. The summed E-state index contributed by atoms with van der Waals surface area (Å²) >= 11 is 5.69. The van der Waals surface area contributed by atoms with Gasteiger partial charge in [0.15, 0.2) is 0 Å². The lowest BCUT2D eigenvalue weighted by atomic mass is 10.1. The van der Waals surface area contributed by atoms with E-state index in [1.54, 1.807) is 6.07 Å². The Bertz CT molecular complexity index is 873. The molecule has 6 nitrogen and oxygen atoms in total. The maximum Gasteiger partial charge on any atom is 0.289 e. The molecule has 2 aromatic rings. The van der Waals surface area contributed by atoms with Gasteiger partial charge in [0.1, 0.15) is 22.5 Å². The molecule has 0 fully saturated rings. The van der Waals surface area contributed by atoms with Crippen molar-refractivity contribution in [3.8, 4) is 6.07 Å². The predicted octanol–water partition coefficient (Wildman–Crippen LogP) is 3.93. The van der Waals surface area contributed by atoms with Crippen LogP contribution in [0.4, 0.5) is 15.8 Å². The first-order valence-corrected chi connectivity index (χ1v) is 6.91. The summed E-state index contributed by atoms with van der Waals surface area (Å²) in [5.41, 5.74) is -0.0174. The summed E-state index contributed by atoms with van der Waals surface area (Å²) < 4.78 is 12.9. The van der Waals surface area contributed by atoms with Crippen LogP contribution in [0.1, 0.15) is 5.56 Å². The number of hydrogen-bond acceptors (Lipinski definition) is 4. The molecule has 0 saturated heterocycles. The molecule has 0 radical (unpaired) electrons. The molecule has 0 spiro atoms. The molecular weight excluding hydrogens is 337 g/mol. The molecular formula is C16H9ClFN3O3. The molecule has 1 N–H and O–H groups in total. The van der Waals surface area contributed by atoms with Crippen LogP contribution < -0.4 is 5.32 Å².